The second-order valence-corrected chi connectivity index (χ2v) is 10.1. The Morgan fingerprint density at radius 3 is 2.58 bits per heavy atom. The fraction of sp³-hybridized carbons (Fsp3) is 0.400. The second-order valence-electron chi connectivity index (χ2n) is 7.58. The molecule has 1 fully saturated rings. The predicted octanol–water partition coefficient (Wildman–Crippen LogP) is 1.67. The van der Waals surface area contributed by atoms with Gasteiger partial charge in [-0.25, -0.2) is 13.4 Å². The SMILES string of the molecule is COc1cc(CO)c(-c2cn3ccc(N4CCN(CS(C)(=O)=O)CC4)nc3n2)cc1Cl. The van der Waals surface area contributed by atoms with Gasteiger partial charge >= 0.3 is 0 Å². The summed E-state index contributed by atoms with van der Waals surface area (Å²) in [5.74, 6) is 1.89. The molecule has 1 N–H and O–H groups in total. The maximum Gasteiger partial charge on any atom is 0.236 e. The zero-order valence-electron chi connectivity index (χ0n) is 17.3. The van der Waals surface area contributed by atoms with Crippen LogP contribution in [-0.2, 0) is 16.4 Å². The Kier molecular flexibility index (Phi) is 6.07. The van der Waals surface area contributed by atoms with E-state index in [9.17, 15) is 13.5 Å². The number of imidazole rings is 1. The van der Waals surface area contributed by atoms with Gasteiger partial charge in [0.15, 0.2) is 9.84 Å². The molecule has 166 valence electrons. The van der Waals surface area contributed by atoms with E-state index in [1.165, 1.54) is 13.4 Å². The third-order valence-electron chi connectivity index (χ3n) is 5.25. The first-order valence-electron chi connectivity index (χ1n) is 9.76. The zero-order chi connectivity index (χ0) is 22.2. The third-order valence-corrected chi connectivity index (χ3v) is 6.38. The number of aromatic nitrogens is 3. The van der Waals surface area contributed by atoms with Crippen LogP contribution in [0.25, 0.3) is 17.0 Å². The lowest BCUT2D eigenvalue weighted by Gasteiger charge is -2.34. The van der Waals surface area contributed by atoms with Crippen LogP contribution >= 0.6 is 11.6 Å². The van der Waals surface area contributed by atoms with Crippen LogP contribution in [-0.4, -0.2) is 78.2 Å². The number of hydrogen-bond donors (Lipinski definition) is 1. The highest BCUT2D eigenvalue weighted by atomic mass is 35.5. The van der Waals surface area contributed by atoms with Crippen LogP contribution in [0.5, 0.6) is 5.75 Å². The van der Waals surface area contributed by atoms with Crippen LogP contribution in [0.3, 0.4) is 0 Å². The van der Waals surface area contributed by atoms with Crippen molar-refractivity contribution in [1.82, 2.24) is 19.3 Å². The molecule has 1 aliphatic heterocycles. The minimum absolute atomic E-state index is 0.0779. The minimum atomic E-state index is -3.03. The molecule has 4 rings (SSSR count). The Morgan fingerprint density at radius 1 is 1.19 bits per heavy atom. The molecule has 1 aromatic carbocycles. The molecular formula is C20H24ClN5O4S. The number of sulfone groups is 1. The summed E-state index contributed by atoms with van der Waals surface area (Å²) in [5.41, 5.74) is 2.03. The van der Waals surface area contributed by atoms with E-state index in [1.807, 2.05) is 27.8 Å². The molecule has 1 aliphatic rings. The molecule has 0 amide bonds. The molecule has 3 aromatic rings. The molecule has 0 atom stereocenters. The van der Waals surface area contributed by atoms with Gasteiger partial charge in [-0.15, -0.1) is 0 Å². The number of hydrogen-bond acceptors (Lipinski definition) is 8. The molecule has 0 radical (unpaired) electrons. The molecule has 0 aliphatic carbocycles. The lowest BCUT2D eigenvalue weighted by molar-refractivity contribution is 0.281. The third kappa shape index (κ3) is 4.77. The molecule has 9 nitrogen and oxygen atoms in total. The summed E-state index contributed by atoms with van der Waals surface area (Å²) in [6.07, 6.45) is 4.98. The molecule has 0 spiro atoms. The van der Waals surface area contributed by atoms with Crippen LogP contribution in [0, 0.1) is 0 Å². The number of rotatable bonds is 6. The van der Waals surface area contributed by atoms with Crippen LogP contribution in [0.15, 0.2) is 30.6 Å². The van der Waals surface area contributed by atoms with Crippen molar-refractivity contribution in [2.45, 2.75) is 6.61 Å². The largest absolute Gasteiger partial charge is 0.495 e. The molecule has 0 saturated carbocycles. The molecule has 3 heterocycles. The number of halogens is 1. The van der Waals surface area contributed by atoms with Crippen molar-refractivity contribution in [3.63, 3.8) is 0 Å². The molecule has 31 heavy (non-hydrogen) atoms. The lowest BCUT2D eigenvalue weighted by Crippen LogP contribution is -2.48. The van der Waals surface area contributed by atoms with Gasteiger partial charge in [0.25, 0.3) is 0 Å². The molecule has 2 aromatic heterocycles. The van der Waals surface area contributed by atoms with Crippen molar-refractivity contribution in [2.24, 2.45) is 0 Å². The van der Waals surface area contributed by atoms with E-state index in [4.69, 9.17) is 16.3 Å². The standard InChI is InChI=1S/C20H24ClN5O4S/c1-30-18-9-14(12-27)15(10-16(18)21)17-11-26-4-3-19(23-20(26)22-17)25-7-5-24(6-8-25)13-31(2,28)29/h3-4,9-11,27H,5-8,12-13H2,1-2H3. The summed E-state index contributed by atoms with van der Waals surface area (Å²) in [6, 6.07) is 5.35. The average molecular weight is 466 g/mol. The van der Waals surface area contributed by atoms with E-state index in [0.29, 0.717) is 54.0 Å². The fourth-order valence-electron chi connectivity index (χ4n) is 3.73. The molecule has 0 unspecified atom stereocenters. The van der Waals surface area contributed by atoms with Crippen LogP contribution in [0.1, 0.15) is 5.56 Å². The molecule has 1 saturated heterocycles. The monoisotopic (exact) mass is 465 g/mol. The van der Waals surface area contributed by atoms with Gasteiger partial charge in [0.2, 0.25) is 5.78 Å². The van der Waals surface area contributed by atoms with E-state index in [-0.39, 0.29) is 12.5 Å². The molecular weight excluding hydrogens is 442 g/mol. The first-order valence-corrected chi connectivity index (χ1v) is 12.2. The highest BCUT2D eigenvalue weighted by molar-refractivity contribution is 7.90. The number of methoxy groups -OCH3 is 1. The highest BCUT2D eigenvalue weighted by Crippen LogP contribution is 2.33. The Bertz CT molecular complexity index is 1210. The first-order chi connectivity index (χ1) is 14.8. The van der Waals surface area contributed by atoms with Crippen LogP contribution in [0.4, 0.5) is 5.82 Å². The van der Waals surface area contributed by atoms with Crippen molar-refractivity contribution in [3.8, 4) is 17.0 Å². The fourth-order valence-corrected chi connectivity index (χ4v) is 4.89. The Hall–Kier alpha value is -2.40. The smallest absolute Gasteiger partial charge is 0.236 e. The number of piperazine rings is 1. The van der Waals surface area contributed by atoms with Gasteiger partial charge in [0, 0.05) is 50.4 Å². The maximum atomic E-state index is 11.5. The zero-order valence-corrected chi connectivity index (χ0v) is 18.9. The lowest BCUT2D eigenvalue weighted by atomic mass is 10.1. The summed E-state index contributed by atoms with van der Waals surface area (Å²) in [5, 5.41) is 10.2. The van der Waals surface area contributed by atoms with E-state index >= 15 is 0 Å². The number of fused-ring (bicyclic) bond motifs is 1. The number of aliphatic hydroxyl groups is 1. The van der Waals surface area contributed by atoms with Gasteiger partial charge in [0.05, 0.1) is 24.4 Å². The van der Waals surface area contributed by atoms with Gasteiger partial charge in [-0.2, -0.15) is 4.98 Å². The predicted molar refractivity (Wildman–Crippen MR) is 119 cm³/mol. The van der Waals surface area contributed by atoms with Gasteiger partial charge in [-0.1, -0.05) is 11.6 Å². The Morgan fingerprint density at radius 2 is 1.94 bits per heavy atom. The van der Waals surface area contributed by atoms with Gasteiger partial charge in [0.1, 0.15) is 17.4 Å². The number of nitrogens with zero attached hydrogens (tertiary/aromatic N) is 5. The Labute approximate surface area is 185 Å². The summed E-state index contributed by atoms with van der Waals surface area (Å²) in [7, 11) is -1.50. The summed E-state index contributed by atoms with van der Waals surface area (Å²) < 4.78 is 30.1. The second kappa shape index (κ2) is 8.62. The van der Waals surface area contributed by atoms with Gasteiger partial charge < -0.3 is 14.7 Å². The highest BCUT2D eigenvalue weighted by Gasteiger charge is 2.21. The summed E-state index contributed by atoms with van der Waals surface area (Å²) >= 11 is 6.28. The summed E-state index contributed by atoms with van der Waals surface area (Å²) in [4.78, 5) is 13.4. The van der Waals surface area contributed by atoms with Crippen LogP contribution in [0.2, 0.25) is 5.02 Å². The quantitative estimate of drug-likeness (QED) is 0.586. The molecule has 11 heteroatoms. The van der Waals surface area contributed by atoms with E-state index in [2.05, 4.69) is 14.9 Å². The van der Waals surface area contributed by atoms with Crippen LogP contribution < -0.4 is 9.64 Å². The number of anilines is 1. The summed E-state index contributed by atoms with van der Waals surface area (Å²) in [6.45, 7) is 2.52. The number of ether oxygens (including phenoxy) is 1. The molecule has 0 bridgehead atoms. The normalized spacial score (nSPS) is 15.5. The van der Waals surface area contributed by atoms with Crippen molar-refractivity contribution in [2.75, 3.05) is 50.3 Å². The maximum absolute atomic E-state index is 11.5. The Balaban J connectivity index is 1.58. The number of benzene rings is 1. The van der Waals surface area contributed by atoms with E-state index in [0.717, 1.165) is 11.4 Å². The van der Waals surface area contributed by atoms with Gasteiger partial charge in [-0.05, 0) is 23.8 Å². The minimum Gasteiger partial charge on any atom is -0.495 e. The van der Waals surface area contributed by atoms with Crippen molar-refractivity contribution in [3.05, 3.63) is 41.2 Å². The van der Waals surface area contributed by atoms with Crippen molar-refractivity contribution >= 4 is 33.0 Å². The first kappa shape index (κ1) is 21.8. The van der Waals surface area contributed by atoms with Crippen molar-refractivity contribution < 1.29 is 18.3 Å². The topological polar surface area (TPSA) is 100 Å². The average Bonchev–Trinajstić information content (AvgIpc) is 3.16. The van der Waals surface area contributed by atoms with Gasteiger partial charge in [-0.3, -0.25) is 9.30 Å². The van der Waals surface area contributed by atoms with E-state index < -0.39 is 9.84 Å². The van der Waals surface area contributed by atoms with Crippen molar-refractivity contribution in [1.29, 1.82) is 0 Å². The number of aliphatic hydroxyl groups excluding tert-OH is 1. The van der Waals surface area contributed by atoms with E-state index in [1.54, 1.807) is 12.1 Å².